The monoisotopic (exact) mass is 377 g/mol. The van der Waals surface area contributed by atoms with Gasteiger partial charge in [-0.3, -0.25) is 4.79 Å². The third-order valence-corrected chi connectivity index (χ3v) is 4.53. The van der Waals surface area contributed by atoms with Crippen molar-refractivity contribution in [3.05, 3.63) is 34.1 Å². The van der Waals surface area contributed by atoms with E-state index < -0.39 is 5.82 Å². The first-order valence-electron chi connectivity index (χ1n) is 5.93. The van der Waals surface area contributed by atoms with E-state index in [0.29, 0.717) is 21.8 Å². The Hall–Kier alpha value is -0.420. The highest BCUT2D eigenvalue weighted by Gasteiger charge is 2.23. The minimum Gasteiger partial charge on any atom is -0.352 e. The lowest BCUT2D eigenvalue weighted by Crippen LogP contribution is -2.29. The van der Waals surface area contributed by atoms with Crippen LogP contribution in [0, 0.1) is 11.7 Å². The van der Waals surface area contributed by atoms with E-state index in [-0.39, 0.29) is 11.5 Å². The molecule has 0 aliphatic heterocycles. The summed E-state index contributed by atoms with van der Waals surface area (Å²) in [6.45, 7) is 0.621. The Bertz CT molecular complexity index is 453. The van der Waals surface area contributed by atoms with Gasteiger partial charge in [0.2, 0.25) is 0 Å². The lowest BCUT2D eigenvalue weighted by molar-refractivity contribution is 0.0943. The van der Waals surface area contributed by atoms with Crippen LogP contribution in [0.2, 0.25) is 0 Å². The van der Waals surface area contributed by atoms with E-state index in [2.05, 4.69) is 37.2 Å². The predicted molar refractivity (Wildman–Crippen MR) is 76.5 cm³/mol. The van der Waals surface area contributed by atoms with Crippen LogP contribution in [0.15, 0.2) is 22.7 Å². The van der Waals surface area contributed by atoms with Crippen LogP contribution in [0.3, 0.4) is 0 Å². The van der Waals surface area contributed by atoms with Gasteiger partial charge in [-0.05, 0) is 43.4 Å². The first-order chi connectivity index (χ1) is 8.56. The molecule has 1 aliphatic carbocycles. The topological polar surface area (TPSA) is 29.1 Å². The Balaban J connectivity index is 1.91. The second-order valence-corrected chi connectivity index (χ2v) is 6.82. The second kappa shape index (κ2) is 6.15. The zero-order chi connectivity index (χ0) is 13.1. The molecule has 5 heteroatoms. The highest BCUT2D eigenvalue weighted by atomic mass is 79.9. The number of rotatable bonds is 3. The van der Waals surface area contributed by atoms with E-state index in [9.17, 15) is 9.18 Å². The third kappa shape index (κ3) is 3.54. The van der Waals surface area contributed by atoms with E-state index in [1.807, 2.05) is 0 Å². The summed E-state index contributed by atoms with van der Waals surface area (Å²) in [5, 5.41) is 2.81. The summed E-state index contributed by atoms with van der Waals surface area (Å²) in [6.07, 6.45) is 3.33. The Kier molecular flexibility index (Phi) is 4.78. The van der Waals surface area contributed by atoms with Crippen molar-refractivity contribution >= 4 is 37.8 Å². The molecule has 1 fully saturated rings. The van der Waals surface area contributed by atoms with Gasteiger partial charge in [0.05, 0.1) is 5.56 Å². The quantitative estimate of drug-likeness (QED) is 0.794. The fourth-order valence-electron chi connectivity index (χ4n) is 2.21. The first-order valence-corrected chi connectivity index (χ1v) is 7.64. The Labute approximate surface area is 123 Å². The average molecular weight is 379 g/mol. The molecular formula is C13H14Br2FNO. The standard InChI is InChI=1S/C13H14Br2FNO/c14-9-2-1-8(5-9)7-17-13(18)11-4-3-10(15)6-12(11)16/h3-4,6,8-9H,1-2,5,7H2,(H,17,18). The maximum Gasteiger partial charge on any atom is 0.254 e. The lowest BCUT2D eigenvalue weighted by atomic mass is 10.1. The molecule has 1 N–H and O–H groups in total. The maximum absolute atomic E-state index is 13.6. The smallest absolute Gasteiger partial charge is 0.254 e. The summed E-state index contributed by atoms with van der Waals surface area (Å²) in [7, 11) is 0. The van der Waals surface area contributed by atoms with Crippen molar-refractivity contribution in [2.75, 3.05) is 6.54 Å². The van der Waals surface area contributed by atoms with Crippen molar-refractivity contribution in [2.45, 2.75) is 24.1 Å². The molecule has 2 atom stereocenters. The van der Waals surface area contributed by atoms with Crippen LogP contribution in [0.5, 0.6) is 0 Å². The van der Waals surface area contributed by atoms with E-state index >= 15 is 0 Å². The fraction of sp³-hybridized carbons (Fsp3) is 0.462. The number of amides is 1. The fourth-order valence-corrected chi connectivity index (χ4v) is 3.33. The van der Waals surface area contributed by atoms with Crippen LogP contribution < -0.4 is 5.32 Å². The van der Waals surface area contributed by atoms with Crippen LogP contribution in [-0.2, 0) is 0 Å². The SMILES string of the molecule is O=C(NCC1CCC(Br)C1)c1ccc(Br)cc1F. The van der Waals surface area contributed by atoms with Gasteiger partial charge >= 0.3 is 0 Å². The lowest BCUT2D eigenvalue weighted by Gasteiger charge is -2.11. The Morgan fingerprint density at radius 1 is 1.44 bits per heavy atom. The number of carbonyl (C=O) groups excluding carboxylic acids is 1. The minimum atomic E-state index is -0.494. The van der Waals surface area contributed by atoms with Crippen LogP contribution in [-0.4, -0.2) is 17.3 Å². The largest absolute Gasteiger partial charge is 0.352 e. The molecule has 1 aliphatic rings. The summed E-state index contributed by atoms with van der Waals surface area (Å²) < 4.78 is 14.2. The minimum absolute atomic E-state index is 0.103. The van der Waals surface area contributed by atoms with Gasteiger partial charge in [-0.2, -0.15) is 0 Å². The van der Waals surface area contributed by atoms with Gasteiger partial charge in [0, 0.05) is 15.8 Å². The Morgan fingerprint density at radius 3 is 2.83 bits per heavy atom. The molecule has 0 heterocycles. The van der Waals surface area contributed by atoms with E-state index in [1.54, 1.807) is 6.07 Å². The second-order valence-electron chi connectivity index (χ2n) is 4.61. The summed E-state index contributed by atoms with van der Waals surface area (Å²) in [5.41, 5.74) is 0.103. The van der Waals surface area contributed by atoms with Crippen LogP contribution in [0.1, 0.15) is 29.6 Å². The molecule has 2 rings (SSSR count). The molecular weight excluding hydrogens is 365 g/mol. The number of hydrogen-bond donors (Lipinski definition) is 1. The van der Waals surface area contributed by atoms with Gasteiger partial charge in [0.1, 0.15) is 5.82 Å². The highest BCUT2D eigenvalue weighted by molar-refractivity contribution is 9.10. The number of hydrogen-bond acceptors (Lipinski definition) is 1. The molecule has 1 saturated carbocycles. The molecule has 2 nitrogen and oxygen atoms in total. The zero-order valence-electron chi connectivity index (χ0n) is 9.76. The van der Waals surface area contributed by atoms with Gasteiger partial charge in [-0.15, -0.1) is 0 Å². The van der Waals surface area contributed by atoms with Crippen molar-refractivity contribution in [2.24, 2.45) is 5.92 Å². The number of alkyl halides is 1. The molecule has 1 aromatic carbocycles. The molecule has 0 radical (unpaired) electrons. The number of benzene rings is 1. The normalized spacial score (nSPS) is 23.1. The molecule has 0 spiro atoms. The van der Waals surface area contributed by atoms with Crippen molar-refractivity contribution in [3.8, 4) is 0 Å². The zero-order valence-corrected chi connectivity index (χ0v) is 12.9. The van der Waals surface area contributed by atoms with Gasteiger partial charge in [-0.1, -0.05) is 31.9 Å². The summed E-state index contributed by atoms with van der Waals surface area (Å²) in [4.78, 5) is 12.4. The maximum atomic E-state index is 13.6. The number of halogens is 3. The number of carbonyl (C=O) groups is 1. The van der Waals surface area contributed by atoms with E-state index in [4.69, 9.17) is 0 Å². The summed E-state index contributed by atoms with van der Waals surface area (Å²) >= 11 is 6.74. The van der Waals surface area contributed by atoms with Crippen molar-refractivity contribution in [3.63, 3.8) is 0 Å². The first kappa shape index (κ1) is 14.0. The van der Waals surface area contributed by atoms with Crippen LogP contribution in [0.25, 0.3) is 0 Å². The van der Waals surface area contributed by atoms with Crippen molar-refractivity contribution < 1.29 is 9.18 Å². The molecule has 1 amide bonds. The van der Waals surface area contributed by atoms with Gasteiger partial charge in [0.25, 0.3) is 5.91 Å². The van der Waals surface area contributed by atoms with Crippen LogP contribution in [0.4, 0.5) is 4.39 Å². The molecule has 0 saturated heterocycles. The summed E-state index contributed by atoms with van der Waals surface area (Å²) in [6, 6.07) is 4.47. The highest BCUT2D eigenvalue weighted by Crippen LogP contribution is 2.30. The van der Waals surface area contributed by atoms with Crippen molar-refractivity contribution in [1.82, 2.24) is 5.32 Å². The molecule has 2 unspecified atom stereocenters. The van der Waals surface area contributed by atoms with Gasteiger partial charge < -0.3 is 5.32 Å². The van der Waals surface area contributed by atoms with E-state index in [1.165, 1.54) is 12.1 Å². The van der Waals surface area contributed by atoms with Gasteiger partial charge in [0.15, 0.2) is 0 Å². The van der Waals surface area contributed by atoms with Crippen LogP contribution >= 0.6 is 31.9 Å². The Morgan fingerprint density at radius 2 is 2.22 bits per heavy atom. The molecule has 98 valence electrons. The predicted octanol–water partition coefficient (Wildman–Crippen LogP) is 3.88. The number of nitrogens with one attached hydrogen (secondary N) is 1. The van der Waals surface area contributed by atoms with Gasteiger partial charge in [-0.25, -0.2) is 4.39 Å². The molecule has 0 bridgehead atoms. The van der Waals surface area contributed by atoms with E-state index in [0.717, 1.165) is 19.3 Å². The third-order valence-electron chi connectivity index (χ3n) is 3.20. The molecule has 18 heavy (non-hydrogen) atoms. The molecule has 0 aromatic heterocycles. The van der Waals surface area contributed by atoms with Crippen molar-refractivity contribution in [1.29, 1.82) is 0 Å². The summed E-state index contributed by atoms with van der Waals surface area (Å²) in [5.74, 6) is -0.332. The average Bonchev–Trinajstić information content (AvgIpc) is 2.72. The molecule has 1 aromatic rings.